The van der Waals surface area contributed by atoms with Gasteiger partial charge in [0.15, 0.2) is 0 Å². The molecule has 0 bridgehead atoms. The zero-order chi connectivity index (χ0) is 35.4. The van der Waals surface area contributed by atoms with Gasteiger partial charge in [0.05, 0.1) is 18.8 Å². The summed E-state index contributed by atoms with van der Waals surface area (Å²) in [7, 11) is -4.70. The SMILES string of the molecule is CCCCCCCC/C=C\CCCCCCCCCCCCCCCC(=O)N[C@@H](COP(=O)(O)O)[C@H](O)/C=C/CCCCCCCCC. The van der Waals surface area contributed by atoms with E-state index in [0.717, 1.165) is 38.5 Å². The highest BCUT2D eigenvalue weighted by Gasteiger charge is 2.24. The van der Waals surface area contributed by atoms with Gasteiger partial charge in [-0.25, -0.2) is 4.57 Å². The summed E-state index contributed by atoms with van der Waals surface area (Å²) in [5.74, 6) is -0.228. The summed E-state index contributed by atoms with van der Waals surface area (Å²) in [4.78, 5) is 30.7. The molecule has 0 aromatic heterocycles. The number of nitrogens with one attached hydrogen (secondary N) is 1. The van der Waals surface area contributed by atoms with Crippen LogP contribution in [0.1, 0.15) is 206 Å². The van der Waals surface area contributed by atoms with Crippen molar-refractivity contribution in [1.82, 2.24) is 5.32 Å². The quantitative estimate of drug-likeness (QED) is 0.0291. The maximum atomic E-state index is 12.5. The Balaban J connectivity index is 3.82. The molecule has 0 aliphatic rings. The van der Waals surface area contributed by atoms with Crippen LogP contribution in [0.3, 0.4) is 0 Å². The topological polar surface area (TPSA) is 116 Å². The Kier molecular flexibility index (Phi) is 35.1. The number of hydrogen-bond acceptors (Lipinski definition) is 4. The lowest BCUT2D eigenvalue weighted by Crippen LogP contribution is -2.45. The number of carbonyl (C=O) groups excluding carboxylic acids is 1. The zero-order valence-corrected chi connectivity index (χ0v) is 32.3. The van der Waals surface area contributed by atoms with Crippen molar-refractivity contribution in [2.45, 2.75) is 219 Å². The van der Waals surface area contributed by atoms with Crippen molar-refractivity contribution in [2.24, 2.45) is 0 Å². The molecule has 0 aliphatic heterocycles. The number of allylic oxidation sites excluding steroid dienone is 3. The number of unbranched alkanes of at least 4 members (excludes halogenated alkanes) is 26. The Hall–Kier alpha value is -0.980. The number of phosphoric ester groups is 1. The summed E-state index contributed by atoms with van der Waals surface area (Å²) in [5, 5.41) is 13.3. The second kappa shape index (κ2) is 35.8. The molecule has 0 aromatic rings. The van der Waals surface area contributed by atoms with E-state index in [9.17, 15) is 14.5 Å². The Labute approximate surface area is 296 Å². The highest BCUT2D eigenvalue weighted by Crippen LogP contribution is 2.35. The molecule has 0 saturated carbocycles. The maximum Gasteiger partial charge on any atom is 0.469 e. The standard InChI is InChI=1S/C40H78NO6P/c1-3-5-7-9-11-13-14-15-16-17-18-19-20-21-22-23-24-25-26-28-30-32-34-36-40(43)41-38(37-47-48(44,45)46)39(42)35-33-31-29-27-12-10-8-6-4-2/h15-16,33,35,38-39,42H,3-14,17-32,34,36-37H2,1-2H3,(H,41,43)(H2,44,45,46)/b16-15-,35-33+/t38-,39+/m0/s1. The number of aliphatic hydroxyl groups is 1. The Bertz CT molecular complexity index is 799. The third kappa shape index (κ3) is 36.3. The number of rotatable bonds is 37. The van der Waals surface area contributed by atoms with Crippen LogP contribution in [-0.4, -0.2) is 39.6 Å². The smallest absolute Gasteiger partial charge is 0.387 e. The summed E-state index contributed by atoms with van der Waals surface area (Å²) in [6, 6.07) is -0.905. The van der Waals surface area contributed by atoms with Crippen molar-refractivity contribution in [1.29, 1.82) is 0 Å². The normalized spacial score (nSPS) is 13.5. The van der Waals surface area contributed by atoms with Gasteiger partial charge in [-0.15, -0.1) is 0 Å². The van der Waals surface area contributed by atoms with Gasteiger partial charge in [-0.05, 0) is 44.9 Å². The molecule has 0 unspecified atom stereocenters. The van der Waals surface area contributed by atoms with Crippen molar-refractivity contribution in [3.05, 3.63) is 24.3 Å². The lowest BCUT2D eigenvalue weighted by molar-refractivity contribution is -0.123. The largest absolute Gasteiger partial charge is 0.469 e. The second-order valence-corrected chi connectivity index (χ2v) is 15.2. The third-order valence-electron chi connectivity index (χ3n) is 9.15. The van der Waals surface area contributed by atoms with Crippen LogP contribution in [0.2, 0.25) is 0 Å². The molecular formula is C40H78NO6P. The van der Waals surface area contributed by atoms with Gasteiger partial charge in [0.1, 0.15) is 0 Å². The number of carbonyl (C=O) groups is 1. The molecule has 4 N–H and O–H groups in total. The van der Waals surface area contributed by atoms with Gasteiger partial charge >= 0.3 is 7.82 Å². The van der Waals surface area contributed by atoms with Crippen LogP contribution in [0, 0.1) is 0 Å². The highest BCUT2D eigenvalue weighted by molar-refractivity contribution is 7.46. The van der Waals surface area contributed by atoms with Gasteiger partial charge in [0.2, 0.25) is 5.91 Å². The molecule has 0 saturated heterocycles. The summed E-state index contributed by atoms with van der Waals surface area (Å²) >= 11 is 0. The van der Waals surface area contributed by atoms with E-state index in [4.69, 9.17) is 9.79 Å². The molecule has 0 rings (SSSR count). The first-order valence-electron chi connectivity index (χ1n) is 20.3. The lowest BCUT2D eigenvalue weighted by Gasteiger charge is -2.22. The molecule has 0 aliphatic carbocycles. The molecule has 0 fully saturated rings. The first-order valence-corrected chi connectivity index (χ1v) is 21.8. The van der Waals surface area contributed by atoms with Crippen LogP contribution in [0.25, 0.3) is 0 Å². The van der Waals surface area contributed by atoms with E-state index in [1.54, 1.807) is 6.08 Å². The highest BCUT2D eigenvalue weighted by atomic mass is 31.2. The van der Waals surface area contributed by atoms with E-state index in [0.29, 0.717) is 6.42 Å². The van der Waals surface area contributed by atoms with Crippen LogP contribution in [-0.2, 0) is 13.9 Å². The molecule has 284 valence electrons. The molecule has 0 heterocycles. The zero-order valence-electron chi connectivity index (χ0n) is 31.4. The number of hydrogen-bond donors (Lipinski definition) is 4. The molecule has 0 radical (unpaired) electrons. The van der Waals surface area contributed by atoms with Crippen molar-refractivity contribution >= 4 is 13.7 Å². The Morgan fingerprint density at radius 3 is 1.33 bits per heavy atom. The minimum absolute atomic E-state index is 0.228. The maximum absolute atomic E-state index is 12.5. The van der Waals surface area contributed by atoms with Crippen LogP contribution in [0.4, 0.5) is 0 Å². The van der Waals surface area contributed by atoms with Crippen molar-refractivity contribution in [2.75, 3.05) is 6.61 Å². The molecule has 8 heteroatoms. The molecule has 0 aromatic carbocycles. The van der Waals surface area contributed by atoms with Crippen molar-refractivity contribution in [3.63, 3.8) is 0 Å². The van der Waals surface area contributed by atoms with E-state index in [-0.39, 0.29) is 5.91 Å². The molecule has 0 spiro atoms. The monoisotopic (exact) mass is 700 g/mol. The van der Waals surface area contributed by atoms with E-state index < -0.39 is 26.6 Å². The molecule has 1 amide bonds. The molecular weight excluding hydrogens is 621 g/mol. The fraction of sp³-hybridized carbons (Fsp3) is 0.875. The number of amides is 1. The van der Waals surface area contributed by atoms with Gasteiger partial charge in [-0.2, -0.15) is 0 Å². The minimum atomic E-state index is -4.70. The average molecular weight is 700 g/mol. The van der Waals surface area contributed by atoms with Crippen LogP contribution in [0.15, 0.2) is 24.3 Å². The molecule has 2 atom stereocenters. The fourth-order valence-corrected chi connectivity index (χ4v) is 6.40. The van der Waals surface area contributed by atoms with Gasteiger partial charge in [0.25, 0.3) is 0 Å². The van der Waals surface area contributed by atoms with Gasteiger partial charge in [-0.1, -0.05) is 179 Å². The van der Waals surface area contributed by atoms with Crippen molar-refractivity contribution in [3.8, 4) is 0 Å². The van der Waals surface area contributed by atoms with Crippen molar-refractivity contribution < 1.29 is 28.8 Å². The number of aliphatic hydroxyl groups excluding tert-OH is 1. The van der Waals surface area contributed by atoms with Crippen LogP contribution < -0.4 is 5.32 Å². The minimum Gasteiger partial charge on any atom is -0.387 e. The summed E-state index contributed by atoms with van der Waals surface area (Å²) in [5.41, 5.74) is 0. The summed E-state index contributed by atoms with van der Waals surface area (Å²) < 4.78 is 15.8. The predicted octanol–water partition coefficient (Wildman–Crippen LogP) is 11.8. The lowest BCUT2D eigenvalue weighted by atomic mass is 10.0. The predicted molar refractivity (Wildman–Crippen MR) is 204 cm³/mol. The van der Waals surface area contributed by atoms with Crippen LogP contribution in [0.5, 0.6) is 0 Å². The average Bonchev–Trinajstić information content (AvgIpc) is 3.05. The first-order chi connectivity index (χ1) is 23.3. The van der Waals surface area contributed by atoms with E-state index in [1.165, 1.54) is 148 Å². The van der Waals surface area contributed by atoms with E-state index >= 15 is 0 Å². The van der Waals surface area contributed by atoms with E-state index in [1.807, 2.05) is 6.08 Å². The van der Waals surface area contributed by atoms with Gasteiger partial charge in [0, 0.05) is 6.42 Å². The molecule has 48 heavy (non-hydrogen) atoms. The molecule has 7 nitrogen and oxygen atoms in total. The summed E-state index contributed by atoms with van der Waals surface area (Å²) in [6.07, 6.45) is 43.6. The van der Waals surface area contributed by atoms with Gasteiger partial charge < -0.3 is 20.2 Å². The Morgan fingerprint density at radius 2 is 0.938 bits per heavy atom. The van der Waals surface area contributed by atoms with Gasteiger partial charge in [-0.3, -0.25) is 9.32 Å². The third-order valence-corrected chi connectivity index (χ3v) is 9.64. The second-order valence-electron chi connectivity index (χ2n) is 14.0. The Morgan fingerprint density at radius 1 is 0.583 bits per heavy atom. The number of phosphoric acid groups is 1. The first kappa shape index (κ1) is 47.0. The van der Waals surface area contributed by atoms with E-state index in [2.05, 4.69) is 35.8 Å². The fourth-order valence-electron chi connectivity index (χ4n) is 6.04. The summed E-state index contributed by atoms with van der Waals surface area (Å²) in [6.45, 7) is 4.03. The van der Waals surface area contributed by atoms with Crippen LogP contribution >= 0.6 is 7.82 Å².